The molecular formula is C46H77O6S2. The third-order valence-electron chi connectivity index (χ3n) is 10.5. The molecule has 2 aromatic rings. The molecule has 309 valence electrons. The third-order valence-corrected chi connectivity index (χ3v) is 14.5. The summed E-state index contributed by atoms with van der Waals surface area (Å²) in [7, 11) is -7.23. The van der Waals surface area contributed by atoms with E-state index in [9.17, 15) is 16.8 Å². The maximum absolute atomic E-state index is 13.4. The lowest BCUT2D eigenvalue weighted by atomic mass is 10.0. The van der Waals surface area contributed by atoms with Crippen molar-refractivity contribution < 1.29 is 26.3 Å². The van der Waals surface area contributed by atoms with Gasteiger partial charge in [-0.15, -0.1) is 0 Å². The largest absolute Gasteiger partial charge is 0.494 e. The van der Waals surface area contributed by atoms with Gasteiger partial charge in [-0.25, -0.2) is 16.8 Å². The minimum absolute atomic E-state index is 0.114. The molecule has 6 nitrogen and oxygen atoms in total. The second kappa shape index (κ2) is 30.1. The van der Waals surface area contributed by atoms with Crippen molar-refractivity contribution in [3.05, 3.63) is 53.8 Å². The van der Waals surface area contributed by atoms with E-state index in [0.717, 1.165) is 25.7 Å². The lowest BCUT2D eigenvalue weighted by Gasteiger charge is -2.16. The molecule has 54 heavy (non-hydrogen) atoms. The van der Waals surface area contributed by atoms with Gasteiger partial charge >= 0.3 is 0 Å². The predicted octanol–water partition coefficient (Wildman–Crippen LogP) is 13.8. The summed E-state index contributed by atoms with van der Waals surface area (Å²) in [4.78, 5) is 0.457. The number of benzene rings is 2. The minimum Gasteiger partial charge on any atom is -0.494 e. The minimum atomic E-state index is -3.68. The Morgan fingerprint density at radius 3 is 1.11 bits per heavy atom. The molecule has 0 saturated carbocycles. The Labute approximate surface area is 332 Å². The number of ether oxygens (including phenoxy) is 2. The molecule has 0 N–H and O–H groups in total. The van der Waals surface area contributed by atoms with Crippen molar-refractivity contribution in [3.8, 4) is 11.5 Å². The van der Waals surface area contributed by atoms with Gasteiger partial charge in [-0.3, -0.25) is 0 Å². The van der Waals surface area contributed by atoms with Gasteiger partial charge in [-0.05, 0) is 80.6 Å². The third kappa shape index (κ3) is 21.3. The number of sulfone groups is 2. The zero-order valence-corrected chi connectivity index (χ0v) is 36.2. The van der Waals surface area contributed by atoms with E-state index in [-0.39, 0.29) is 28.4 Å². The van der Waals surface area contributed by atoms with Gasteiger partial charge in [0.15, 0.2) is 19.7 Å². The van der Waals surface area contributed by atoms with Crippen LogP contribution >= 0.6 is 0 Å². The molecule has 1 radical (unpaired) electrons. The zero-order valence-electron chi connectivity index (χ0n) is 34.6. The Balaban J connectivity index is 1.61. The SMILES string of the molecule is CCCCCCCCCCCCCCCCOc1ccc(S(=O)(=O)CCC[C](CC)S(=O)(=O)c2ccc(OCCCCCCCCCCCC)cc2)cc1. The smallest absolute Gasteiger partial charge is 0.185 e. The molecule has 8 heteroatoms. The number of rotatable bonds is 36. The van der Waals surface area contributed by atoms with Gasteiger partial charge in [-0.1, -0.05) is 162 Å². The summed E-state index contributed by atoms with van der Waals surface area (Å²) in [5.41, 5.74) is 0. The number of hydrogen-bond donors (Lipinski definition) is 0. The first-order valence-electron chi connectivity index (χ1n) is 22.0. The highest BCUT2D eigenvalue weighted by molar-refractivity contribution is 7.94. The fourth-order valence-corrected chi connectivity index (χ4v) is 9.90. The fraction of sp³-hybridized carbons (Fsp3) is 0.717. The van der Waals surface area contributed by atoms with Gasteiger partial charge in [0.05, 0.1) is 34.0 Å². The van der Waals surface area contributed by atoms with Crippen LogP contribution in [0, 0.1) is 5.25 Å². The molecule has 0 fully saturated rings. The van der Waals surface area contributed by atoms with Crippen LogP contribution in [-0.4, -0.2) is 35.8 Å². The summed E-state index contributed by atoms with van der Waals surface area (Å²) in [6.45, 7) is 7.58. The first kappa shape index (κ1) is 48.1. The average molecular weight is 790 g/mol. The van der Waals surface area contributed by atoms with Crippen molar-refractivity contribution in [2.45, 2.75) is 204 Å². The van der Waals surface area contributed by atoms with Crippen molar-refractivity contribution in [3.63, 3.8) is 0 Å². The lowest BCUT2D eigenvalue weighted by Crippen LogP contribution is -2.15. The van der Waals surface area contributed by atoms with Crippen molar-refractivity contribution in [1.29, 1.82) is 0 Å². The standard InChI is InChI=1S/C46H77O6S2/c1-4-7-9-11-13-15-17-18-19-20-22-24-26-27-39-51-42-31-35-45(36-32-42)53(47,48)41-29-30-44(6-3)54(49,50)46-37-33-43(34-38-46)52-40-28-25-23-21-16-14-12-10-8-5-2/h31-38H,4-30,39-41H2,1-3H3. The highest BCUT2D eigenvalue weighted by atomic mass is 32.2. The van der Waals surface area contributed by atoms with Crippen molar-refractivity contribution >= 4 is 19.7 Å². The van der Waals surface area contributed by atoms with Gasteiger partial charge < -0.3 is 9.47 Å². The molecule has 0 aliphatic carbocycles. The van der Waals surface area contributed by atoms with E-state index in [1.807, 2.05) is 6.92 Å². The van der Waals surface area contributed by atoms with E-state index in [4.69, 9.17) is 9.47 Å². The van der Waals surface area contributed by atoms with E-state index in [1.165, 1.54) is 128 Å². The highest BCUT2D eigenvalue weighted by Gasteiger charge is 2.27. The Morgan fingerprint density at radius 2 is 0.759 bits per heavy atom. The highest BCUT2D eigenvalue weighted by Crippen LogP contribution is 2.30. The summed E-state index contributed by atoms with van der Waals surface area (Å²) < 4.78 is 64.7. The lowest BCUT2D eigenvalue weighted by molar-refractivity contribution is 0.304. The molecule has 0 bridgehead atoms. The molecule has 2 aromatic carbocycles. The van der Waals surface area contributed by atoms with Crippen LogP contribution < -0.4 is 9.47 Å². The molecule has 0 heterocycles. The molecule has 0 unspecified atom stereocenters. The van der Waals surface area contributed by atoms with Gasteiger partial charge in [0.1, 0.15) is 11.5 Å². The number of hydrogen-bond acceptors (Lipinski definition) is 6. The normalized spacial score (nSPS) is 12.1. The molecule has 0 atom stereocenters. The summed E-state index contributed by atoms with van der Waals surface area (Å²) >= 11 is 0. The first-order chi connectivity index (χ1) is 26.2. The second-order valence-electron chi connectivity index (χ2n) is 15.2. The molecule has 0 aliphatic rings. The van der Waals surface area contributed by atoms with E-state index in [1.54, 1.807) is 48.5 Å². The Kier molecular flexibility index (Phi) is 26.8. The van der Waals surface area contributed by atoms with Gasteiger partial charge in [0, 0.05) is 0 Å². The second-order valence-corrected chi connectivity index (χ2v) is 19.4. The molecule has 2 rings (SSSR count). The van der Waals surface area contributed by atoms with Crippen LogP contribution in [0.4, 0.5) is 0 Å². The Bertz CT molecular complexity index is 1390. The molecule has 0 aliphatic heterocycles. The van der Waals surface area contributed by atoms with Gasteiger partial charge in [0.25, 0.3) is 0 Å². The van der Waals surface area contributed by atoms with Gasteiger partial charge in [0.2, 0.25) is 0 Å². The van der Waals surface area contributed by atoms with Crippen molar-refractivity contribution in [2.24, 2.45) is 0 Å². The topological polar surface area (TPSA) is 86.7 Å². The molecule has 0 spiro atoms. The first-order valence-corrected chi connectivity index (χ1v) is 25.2. The summed E-state index contributed by atoms with van der Waals surface area (Å²) in [6.07, 6.45) is 31.8. The van der Waals surface area contributed by atoms with Crippen LogP contribution in [0.1, 0.15) is 194 Å². The van der Waals surface area contributed by atoms with Crippen LogP contribution in [-0.2, 0) is 19.7 Å². The quantitative estimate of drug-likeness (QED) is 0.0639. The van der Waals surface area contributed by atoms with Crippen LogP contribution in [0.5, 0.6) is 11.5 Å². The van der Waals surface area contributed by atoms with Crippen LogP contribution in [0.15, 0.2) is 58.3 Å². The van der Waals surface area contributed by atoms with Crippen molar-refractivity contribution in [1.82, 2.24) is 0 Å². The fourth-order valence-electron chi connectivity index (χ4n) is 6.97. The monoisotopic (exact) mass is 790 g/mol. The van der Waals surface area contributed by atoms with E-state index in [2.05, 4.69) is 13.8 Å². The molecule has 0 saturated heterocycles. The van der Waals surface area contributed by atoms with Crippen LogP contribution in [0.2, 0.25) is 0 Å². The number of unbranched alkanes of at least 4 members (excludes halogenated alkanes) is 22. The Hall–Kier alpha value is -2.06. The van der Waals surface area contributed by atoms with E-state index in [0.29, 0.717) is 36.4 Å². The van der Waals surface area contributed by atoms with Crippen LogP contribution in [0.25, 0.3) is 0 Å². The van der Waals surface area contributed by atoms with E-state index < -0.39 is 19.7 Å². The summed E-state index contributed by atoms with van der Waals surface area (Å²) in [5.74, 6) is 1.23. The molecular weight excluding hydrogens is 713 g/mol. The van der Waals surface area contributed by atoms with Gasteiger partial charge in [-0.2, -0.15) is 0 Å². The van der Waals surface area contributed by atoms with Crippen molar-refractivity contribution in [2.75, 3.05) is 19.0 Å². The average Bonchev–Trinajstić information content (AvgIpc) is 3.17. The van der Waals surface area contributed by atoms with E-state index >= 15 is 0 Å². The Morgan fingerprint density at radius 1 is 0.426 bits per heavy atom. The molecule has 0 amide bonds. The summed E-state index contributed by atoms with van der Waals surface area (Å²) in [6, 6.07) is 13.2. The summed E-state index contributed by atoms with van der Waals surface area (Å²) in [5, 5.41) is 0.351. The zero-order chi connectivity index (χ0) is 39.2. The maximum atomic E-state index is 13.4. The predicted molar refractivity (Wildman–Crippen MR) is 228 cm³/mol. The van der Waals surface area contributed by atoms with Crippen LogP contribution in [0.3, 0.4) is 0 Å². The maximum Gasteiger partial charge on any atom is 0.185 e. The molecule has 0 aromatic heterocycles.